The van der Waals surface area contributed by atoms with Crippen LogP contribution >= 0.6 is 0 Å². The Morgan fingerprint density at radius 2 is 2.13 bits per heavy atom. The highest BCUT2D eigenvalue weighted by Gasteiger charge is 2.07. The van der Waals surface area contributed by atoms with Gasteiger partial charge in [-0.2, -0.15) is 5.10 Å². The minimum atomic E-state index is 0.735. The molecule has 0 aliphatic heterocycles. The average Bonchev–Trinajstić information content (AvgIpc) is 2.55. The van der Waals surface area contributed by atoms with Crippen molar-refractivity contribution < 1.29 is 0 Å². The van der Waals surface area contributed by atoms with Gasteiger partial charge in [0.2, 0.25) is 0 Å². The van der Waals surface area contributed by atoms with Gasteiger partial charge < -0.3 is 0 Å². The lowest BCUT2D eigenvalue weighted by atomic mass is 10.1. The Morgan fingerprint density at radius 3 is 2.80 bits per heavy atom. The Labute approximate surface area is 89.4 Å². The number of fused-ring (bicyclic) bond motifs is 1. The summed E-state index contributed by atoms with van der Waals surface area (Å²) in [5, 5.41) is 5.47. The molecule has 0 aliphatic rings. The van der Waals surface area contributed by atoms with Crippen LogP contribution in [-0.4, -0.2) is 14.8 Å². The average molecular weight is 201 g/mol. The molecule has 0 unspecified atom stereocenters. The fraction of sp³-hybridized carbons (Fsp3) is 0.333. The van der Waals surface area contributed by atoms with E-state index in [0.29, 0.717) is 0 Å². The van der Waals surface area contributed by atoms with E-state index >= 15 is 0 Å². The van der Waals surface area contributed by atoms with E-state index in [1.807, 2.05) is 24.0 Å². The first-order chi connectivity index (χ1) is 7.09. The summed E-state index contributed by atoms with van der Waals surface area (Å²) in [5.41, 5.74) is 4.49. The number of rotatable bonds is 2. The predicted octanol–water partition coefficient (Wildman–Crippen LogP) is 2.62. The highest BCUT2D eigenvalue weighted by atomic mass is 15.3. The molecule has 0 spiro atoms. The summed E-state index contributed by atoms with van der Waals surface area (Å²) in [6.07, 6.45) is 3.78. The largest absolute Gasteiger partial charge is 0.243 e. The Balaban J connectivity index is 2.61. The Bertz CT molecular complexity index is 523. The second kappa shape index (κ2) is 3.50. The van der Waals surface area contributed by atoms with Gasteiger partial charge in [-0.25, -0.2) is 9.67 Å². The maximum absolute atomic E-state index is 4.41. The monoisotopic (exact) mass is 201 g/mol. The van der Waals surface area contributed by atoms with Crippen LogP contribution in [0, 0.1) is 13.8 Å². The number of nitrogens with zero attached hydrogens (tertiary/aromatic N) is 3. The molecule has 0 amide bonds. The summed E-state index contributed by atoms with van der Waals surface area (Å²) in [6.45, 7) is 10.8. The fourth-order valence-electron chi connectivity index (χ4n) is 1.62. The molecule has 2 aromatic rings. The lowest BCUT2D eigenvalue weighted by Crippen LogP contribution is -2.01. The zero-order chi connectivity index (χ0) is 11.0. The van der Waals surface area contributed by atoms with Crippen molar-refractivity contribution in [3.05, 3.63) is 35.7 Å². The normalized spacial score (nSPS) is 10.9. The third kappa shape index (κ3) is 1.65. The summed E-state index contributed by atoms with van der Waals surface area (Å²) in [6, 6.07) is 0. The standard InChI is InChI=1S/C12H15N3/c1-8(2)7-15-12-11(6-14-15)10(4)9(3)5-13-12/h5-6H,1,7H2,2-4H3. The van der Waals surface area contributed by atoms with E-state index in [9.17, 15) is 0 Å². The van der Waals surface area contributed by atoms with Crippen molar-refractivity contribution in [2.75, 3.05) is 0 Å². The Kier molecular flexibility index (Phi) is 2.31. The van der Waals surface area contributed by atoms with E-state index in [-0.39, 0.29) is 0 Å². The summed E-state index contributed by atoms with van der Waals surface area (Å²) >= 11 is 0. The van der Waals surface area contributed by atoms with Gasteiger partial charge in [0.25, 0.3) is 0 Å². The fourth-order valence-corrected chi connectivity index (χ4v) is 1.62. The molecular weight excluding hydrogens is 186 g/mol. The minimum absolute atomic E-state index is 0.735. The van der Waals surface area contributed by atoms with E-state index in [0.717, 1.165) is 23.2 Å². The van der Waals surface area contributed by atoms with Crippen molar-refractivity contribution in [2.24, 2.45) is 0 Å². The third-order valence-corrected chi connectivity index (χ3v) is 2.61. The molecule has 0 aromatic carbocycles. The van der Waals surface area contributed by atoms with Gasteiger partial charge in [0.1, 0.15) is 0 Å². The molecule has 3 heteroatoms. The summed E-state index contributed by atoms with van der Waals surface area (Å²) in [5.74, 6) is 0. The molecule has 3 nitrogen and oxygen atoms in total. The number of allylic oxidation sites excluding steroid dienone is 1. The second-order valence-electron chi connectivity index (χ2n) is 4.06. The van der Waals surface area contributed by atoms with E-state index in [1.165, 1.54) is 11.1 Å². The molecule has 2 heterocycles. The second-order valence-corrected chi connectivity index (χ2v) is 4.06. The van der Waals surface area contributed by atoms with Gasteiger partial charge in [-0.05, 0) is 31.9 Å². The number of pyridine rings is 1. The molecule has 0 N–H and O–H groups in total. The SMILES string of the molecule is C=C(C)Cn1ncc2c(C)c(C)cnc21. The van der Waals surface area contributed by atoms with Crippen LogP contribution in [-0.2, 0) is 6.54 Å². The van der Waals surface area contributed by atoms with E-state index in [1.54, 1.807) is 0 Å². The molecule has 0 atom stereocenters. The molecule has 0 saturated carbocycles. The van der Waals surface area contributed by atoms with Crippen molar-refractivity contribution in [1.82, 2.24) is 14.8 Å². The number of aryl methyl sites for hydroxylation is 2. The highest BCUT2D eigenvalue weighted by molar-refractivity contribution is 5.79. The van der Waals surface area contributed by atoms with Crippen LogP contribution < -0.4 is 0 Å². The highest BCUT2D eigenvalue weighted by Crippen LogP contribution is 2.18. The maximum atomic E-state index is 4.41. The van der Waals surface area contributed by atoms with E-state index < -0.39 is 0 Å². The molecule has 0 radical (unpaired) electrons. The number of hydrogen-bond donors (Lipinski definition) is 0. The van der Waals surface area contributed by atoms with Crippen LogP contribution in [0.25, 0.3) is 11.0 Å². The van der Waals surface area contributed by atoms with Crippen LogP contribution in [0.5, 0.6) is 0 Å². The minimum Gasteiger partial charge on any atom is -0.243 e. The molecule has 0 fully saturated rings. The van der Waals surface area contributed by atoms with Crippen molar-refractivity contribution >= 4 is 11.0 Å². The molecule has 78 valence electrons. The molecule has 0 bridgehead atoms. The van der Waals surface area contributed by atoms with Gasteiger partial charge in [0.05, 0.1) is 12.7 Å². The topological polar surface area (TPSA) is 30.7 Å². The first-order valence-electron chi connectivity index (χ1n) is 5.01. The zero-order valence-electron chi connectivity index (χ0n) is 9.41. The van der Waals surface area contributed by atoms with Gasteiger partial charge in [-0.15, -0.1) is 0 Å². The van der Waals surface area contributed by atoms with Crippen LogP contribution in [0.4, 0.5) is 0 Å². The van der Waals surface area contributed by atoms with Gasteiger partial charge in [0, 0.05) is 11.6 Å². The van der Waals surface area contributed by atoms with Crippen molar-refractivity contribution in [2.45, 2.75) is 27.3 Å². The first kappa shape index (κ1) is 9.90. The van der Waals surface area contributed by atoms with Crippen LogP contribution in [0.2, 0.25) is 0 Å². The lowest BCUT2D eigenvalue weighted by Gasteiger charge is -2.03. The van der Waals surface area contributed by atoms with Crippen LogP contribution in [0.15, 0.2) is 24.5 Å². The smallest absolute Gasteiger partial charge is 0.158 e. The third-order valence-electron chi connectivity index (χ3n) is 2.61. The van der Waals surface area contributed by atoms with Gasteiger partial charge >= 0.3 is 0 Å². The summed E-state index contributed by atoms with van der Waals surface area (Å²) in [4.78, 5) is 4.41. The molecular formula is C12H15N3. The van der Waals surface area contributed by atoms with Crippen molar-refractivity contribution in [3.63, 3.8) is 0 Å². The molecule has 0 aliphatic carbocycles. The van der Waals surface area contributed by atoms with E-state index in [2.05, 4.69) is 30.5 Å². The van der Waals surface area contributed by atoms with Crippen molar-refractivity contribution in [1.29, 1.82) is 0 Å². The van der Waals surface area contributed by atoms with E-state index in [4.69, 9.17) is 0 Å². The number of aromatic nitrogens is 3. The molecule has 15 heavy (non-hydrogen) atoms. The molecule has 2 rings (SSSR count). The van der Waals surface area contributed by atoms with Gasteiger partial charge in [0.15, 0.2) is 5.65 Å². The van der Waals surface area contributed by atoms with Gasteiger partial charge in [-0.1, -0.05) is 12.2 Å². The number of hydrogen-bond acceptors (Lipinski definition) is 2. The molecule has 2 aromatic heterocycles. The lowest BCUT2D eigenvalue weighted by molar-refractivity contribution is 0.696. The Hall–Kier alpha value is -1.64. The van der Waals surface area contributed by atoms with Gasteiger partial charge in [-0.3, -0.25) is 0 Å². The van der Waals surface area contributed by atoms with Crippen molar-refractivity contribution in [3.8, 4) is 0 Å². The van der Waals surface area contributed by atoms with Crippen LogP contribution in [0.1, 0.15) is 18.1 Å². The Morgan fingerprint density at radius 1 is 1.40 bits per heavy atom. The zero-order valence-corrected chi connectivity index (χ0v) is 9.41. The summed E-state index contributed by atoms with van der Waals surface area (Å²) in [7, 11) is 0. The summed E-state index contributed by atoms with van der Waals surface area (Å²) < 4.78 is 1.89. The predicted molar refractivity (Wildman–Crippen MR) is 61.8 cm³/mol. The quantitative estimate of drug-likeness (QED) is 0.699. The molecule has 0 saturated heterocycles. The maximum Gasteiger partial charge on any atom is 0.158 e. The first-order valence-corrected chi connectivity index (χ1v) is 5.01. The van der Waals surface area contributed by atoms with Crippen LogP contribution in [0.3, 0.4) is 0 Å².